The van der Waals surface area contributed by atoms with E-state index in [1.807, 2.05) is 6.92 Å². The maximum Gasteiger partial charge on any atom is 0.402 e. The van der Waals surface area contributed by atoms with Crippen molar-refractivity contribution in [3.05, 3.63) is 29.6 Å². The highest BCUT2D eigenvalue weighted by atomic mass is 32.2. The normalized spacial score (nSPS) is 12.9. The van der Waals surface area contributed by atoms with E-state index >= 15 is 0 Å². The zero-order valence-corrected chi connectivity index (χ0v) is 12.4. The number of alkyl halides is 3. The quantitative estimate of drug-likeness (QED) is 0.814. The summed E-state index contributed by atoms with van der Waals surface area (Å²) in [5, 5.41) is 2.92. The van der Waals surface area contributed by atoms with E-state index in [9.17, 15) is 26.0 Å². The van der Waals surface area contributed by atoms with Crippen LogP contribution >= 0.6 is 0 Å². The third kappa shape index (κ3) is 4.94. The zero-order chi connectivity index (χ0) is 16.3. The number of rotatable bonds is 6. The molecule has 1 N–H and O–H groups in total. The number of nitrogens with zero attached hydrogens (tertiary/aromatic N) is 1. The Morgan fingerprint density at radius 2 is 1.90 bits per heavy atom. The van der Waals surface area contributed by atoms with Crippen molar-refractivity contribution >= 4 is 10.0 Å². The number of benzene rings is 1. The Kier molecular flexibility index (Phi) is 5.71. The van der Waals surface area contributed by atoms with Gasteiger partial charge in [-0.25, -0.2) is 12.8 Å². The first-order valence-electron chi connectivity index (χ1n) is 6.10. The van der Waals surface area contributed by atoms with Crippen molar-refractivity contribution in [2.45, 2.75) is 24.5 Å². The van der Waals surface area contributed by atoms with E-state index in [0.717, 1.165) is 19.2 Å². The van der Waals surface area contributed by atoms with Crippen LogP contribution in [0.15, 0.2) is 23.1 Å². The lowest BCUT2D eigenvalue weighted by Crippen LogP contribution is -2.36. The molecule has 0 saturated carbocycles. The Morgan fingerprint density at radius 1 is 1.29 bits per heavy atom. The standard InChI is InChI=1S/C12H16F4N2O2S/c1-3-17-7-9-4-5-10(13)11(6-9)21(19,20)18(2)8-12(14,15)16/h4-6,17H,3,7-8H2,1-2H3. The second kappa shape index (κ2) is 6.71. The average molecular weight is 328 g/mol. The summed E-state index contributed by atoms with van der Waals surface area (Å²) in [6.45, 7) is 1.07. The molecule has 0 aromatic heterocycles. The Hall–Kier alpha value is -1.19. The van der Waals surface area contributed by atoms with Gasteiger partial charge in [-0.1, -0.05) is 13.0 Å². The first kappa shape index (κ1) is 17.9. The first-order chi connectivity index (χ1) is 9.58. The van der Waals surface area contributed by atoms with Crippen LogP contribution in [0.2, 0.25) is 0 Å². The summed E-state index contributed by atoms with van der Waals surface area (Å²) < 4.78 is 74.7. The van der Waals surface area contributed by atoms with Crippen molar-refractivity contribution in [3.8, 4) is 0 Å². The van der Waals surface area contributed by atoms with Crippen molar-refractivity contribution in [2.24, 2.45) is 0 Å². The summed E-state index contributed by atoms with van der Waals surface area (Å²) in [5.74, 6) is -1.08. The van der Waals surface area contributed by atoms with Gasteiger partial charge in [0.15, 0.2) is 0 Å². The molecule has 0 aliphatic rings. The molecule has 0 aliphatic carbocycles. The molecule has 0 bridgehead atoms. The molecule has 1 aromatic carbocycles. The van der Waals surface area contributed by atoms with E-state index < -0.39 is 33.5 Å². The number of hydrogen-bond donors (Lipinski definition) is 1. The minimum absolute atomic E-state index is 0.0858. The summed E-state index contributed by atoms with van der Waals surface area (Å²) in [5.41, 5.74) is 0.470. The van der Waals surface area contributed by atoms with E-state index in [-0.39, 0.29) is 4.31 Å². The summed E-state index contributed by atoms with van der Waals surface area (Å²) in [6.07, 6.45) is -4.69. The van der Waals surface area contributed by atoms with Crippen LogP contribution in [-0.2, 0) is 16.6 Å². The van der Waals surface area contributed by atoms with E-state index in [0.29, 0.717) is 18.7 Å². The van der Waals surface area contributed by atoms with Gasteiger partial charge in [-0.15, -0.1) is 0 Å². The fraction of sp³-hybridized carbons (Fsp3) is 0.500. The van der Waals surface area contributed by atoms with E-state index in [4.69, 9.17) is 0 Å². The van der Waals surface area contributed by atoms with Crippen molar-refractivity contribution in [1.29, 1.82) is 0 Å². The molecule has 0 spiro atoms. The monoisotopic (exact) mass is 328 g/mol. The van der Waals surface area contributed by atoms with Crippen LogP contribution in [0.1, 0.15) is 12.5 Å². The molecule has 1 rings (SSSR count). The lowest BCUT2D eigenvalue weighted by atomic mass is 10.2. The van der Waals surface area contributed by atoms with E-state index in [2.05, 4.69) is 5.32 Å². The number of halogens is 4. The van der Waals surface area contributed by atoms with Gasteiger partial charge in [-0.3, -0.25) is 0 Å². The van der Waals surface area contributed by atoms with Gasteiger partial charge in [0.2, 0.25) is 10.0 Å². The molecule has 0 atom stereocenters. The van der Waals surface area contributed by atoms with E-state index in [1.54, 1.807) is 0 Å². The van der Waals surface area contributed by atoms with Crippen LogP contribution < -0.4 is 5.32 Å². The van der Waals surface area contributed by atoms with Crippen molar-refractivity contribution in [2.75, 3.05) is 20.1 Å². The third-order valence-electron chi connectivity index (χ3n) is 2.66. The summed E-state index contributed by atoms with van der Waals surface area (Å²) in [4.78, 5) is -0.760. The van der Waals surface area contributed by atoms with Crippen molar-refractivity contribution < 1.29 is 26.0 Å². The Labute approximate surface area is 120 Å². The molecular formula is C12H16F4N2O2S. The van der Waals surface area contributed by atoms with Gasteiger partial charge in [-0.05, 0) is 24.2 Å². The molecule has 4 nitrogen and oxygen atoms in total. The molecule has 0 saturated heterocycles. The third-order valence-corrected chi connectivity index (χ3v) is 4.48. The Morgan fingerprint density at radius 3 is 2.43 bits per heavy atom. The van der Waals surface area contributed by atoms with Crippen LogP contribution in [0.5, 0.6) is 0 Å². The minimum Gasteiger partial charge on any atom is -0.313 e. The SMILES string of the molecule is CCNCc1ccc(F)c(S(=O)(=O)N(C)CC(F)(F)F)c1. The maximum atomic E-state index is 13.7. The highest BCUT2D eigenvalue weighted by Gasteiger charge is 2.35. The largest absolute Gasteiger partial charge is 0.402 e. The number of nitrogens with one attached hydrogen (secondary N) is 1. The highest BCUT2D eigenvalue weighted by molar-refractivity contribution is 7.89. The molecule has 0 aliphatic heterocycles. The molecule has 0 unspecified atom stereocenters. The fourth-order valence-corrected chi connectivity index (χ4v) is 2.90. The number of hydrogen-bond acceptors (Lipinski definition) is 3. The van der Waals surface area contributed by atoms with Crippen molar-refractivity contribution in [3.63, 3.8) is 0 Å². The highest BCUT2D eigenvalue weighted by Crippen LogP contribution is 2.24. The molecule has 0 amide bonds. The second-order valence-corrected chi connectivity index (χ2v) is 6.43. The first-order valence-corrected chi connectivity index (χ1v) is 7.54. The maximum absolute atomic E-state index is 13.7. The summed E-state index contributed by atoms with van der Waals surface area (Å²) >= 11 is 0. The van der Waals surface area contributed by atoms with Crippen LogP contribution in [0.4, 0.5) is 17.6 Å². The van der Waals surface area contributed by atoms with Gasteiger partial charge in [0.25, 0.3) is 0 Å². The van der Waals surface area contributed by atoms with Gasteiger partial charge in [-0.2, -0.15) is 17.5 Å². The van der Waals surface area contributed by atoms with Crippen LogP contribution in [-0.4, -0.2) is 39.0 Å². The predicted octanol–water partition coefficient (Wildman–Crippen LogP) is 2.12. The van der Waals surface area contributed by atoms with Gasteiger partial charge < -0.3 is 5.32 Å². The molecule has 0 radical (unpaired) electrons. The van der Waals surface area contributed by atoms with Crippen LogP contribution in [0.3, 0.4) is 0 Å². The zero-order valence-electron chi connectivity index (χ0n) is 11.5. The minimum atomic E-state index is -4.69. The average Bonchev–Trinajstić information content (AvgIpc) is 2.35. The Balaban J connectivity index is 3.12. The Bertz CT molecular complexity index is 587. The molecule has 9 heteroatoms. The fourth-order valence-electron chi connectivity index (χ4n) is 1.63. The smallest absolute Gasteiger partial charge is 0.313 e. The van der Waals surface area contributed by atoms with E-state index in [1.165, 1.54) is 6.07 Å². The lowest BCUT2D eigenvalue weighted by Gasteiger charge is -2.19. The van der Waals surface area contributed by atoms with Gasteiger partial charge in [0.1, 0.15) is 17.3 Å². The summed E-state index contributed by atoms with van der Waals surface area (Å²) in [7, 11) is -3.78. The second-order valence-electron chi connectivity index (χ2n) is 4.42. The van der Waals surface area contributed by atoms with Gasteiger partial charge >= 0.3 is 6.18 Å². The van der Waals surface area contributed by atoms with Gasteiger partial charge in [0, 0.05) is 13.6 Å². The van der Waals surface area contributed by atoms with Crippen LogP contribution in [0, 0.1) is 5.82 Å². The lowest BCUT2D eigenvalue weighted by molar-refractivity contribution is -0.134. The van der Waals surface area contributed by atoms with Crippen LogP contribution in [0.25, 0.3) is 0 Å². The molecule has 21 heavy (non-hydrogen) atoms. The molecule has 120 valence electrons. The molecular weight excluding hydrogens is 312 g/mol. The molecule has 1 aromatic rings. The summed E-state index contributed by atoms with van der Waals surface area (Å²) in [6, 6.07) is 3.35. The number of sulfonamides is 1. The topological polar surface area (TPSA) is 49.4 Å². The molecule has 0 heterocycles. The van der Waals surface area contributed by atoms with Crippen molar-refractivity contribution in [1.82, 2.24) is 9.62 Å². The predicted molar refractivity (Wildman–Crippen MR) is 69.7 cm³/mol. The molecule has 0 fully saturated rings. The van der Waals surface area contributed by atoms with Gasteiger partial charge in [0.05, 0.1) is 0 Å².